The van der Waals surface area contributed by atoms with Crippen molar-refractivity contribution < 1.29 is 4.79 Å². The van der Waals surface area contributed by atoms with Crippen molar-refractivity contribution in [2.24, 2.45) is 0 Å². The number of benzene rings is 2. The van der Waals surface area contributed by atoms with E-state index in [1.165, 1.54) is 5.56 Å². The number of hydrogen-bond donors (Lipinski definition) is 1. The summed E-state index contributed by atoms with van der Waals surface area (Å²) in [6, 6.07) is 18.4. The molecule has 0 atom stereocenters. The third-order valence-corrected chi connectivity index (χ3v) is 6.13. The molecule has 0 aliphatic rings. The molecule has 33 heavy (non-hydrogen) atoms. The maximum absolute atomic E-state index is 13.2. The fourth-order valence-electron chi connectivity index (χ4n) is 4.20. The number of carbonyl (C=O) groups is 1. The molecule has 0 radical (unpaired) electrons. The zero-order valence-electron chi connectivity index (χ0n) is 19.5. The third kappa shape index (κ3) is 4.90. The Morgan fingerprint density at radius 2 is 1.82 bits per heavy atom. The molecule has 0 saturated heterocycles. The minimum atomic E-state index is -0.108. The number of aromatic nitrogens is 3. The topological polar surface area (TPSA) is 68.9 Å². The van der Waals surface area contributed by atoms with E-state index in [0.717, 1.165) is 35.3 Å². The minimum absolute atomic E-state index is 0.0553. The van der Waals surface area contributed by atoms with Crippen LogP contribution in [0.2, 0.25) is 0 Å². The third-order valence-electron chi connectivity index (χ3n) is 6.13. The van der Waals surface area contributed by atoms with Crippen LogP contribution in [-0.2, 0) is 17.8 Å². The molecule has 2 heterocycles. The lowest BCUT2D eigenvalue weighted by Crippen LogP contribution is -2.28. The molecular formula is C27H30N4O2. The summed E-state index contributed by atoms with van der Waals surface area (Å²) in [5, 5.41) is 3.56. The van der Waals surface area contributed by atoms with Gasteiger partial charge in [0, 0.05) is 30.9 Å². The van der Waals surface area contributed by atoms with Crippen LogP contribution in [0.25, 0.3) is 16.7 Å². The molecule has 0 fully saturated rings. The molecule has 170 valence electrons. The average Bonchev–Trinajstić information content (AvgIpc) is 3.07. The van der Waals surface area contributed by atoms with Gasteiger partial charge in [-0.05, 0) is 62.4 Å². The van der Waals surface area contributed by atoms with Gasteiger partial charge in [-0.2, -0.15) is 0 Å². The Labute approximate surface area is 193 Å². The van der Waals surface area contributed by atoms with Crippen LogP contribution in [0, 0.1) is 20.8 Å². The van der Waals surface area contributed by atoms with Crippen LogP contribution >= 0.6 is 0 Å². The van der Waals surface area contributed by atoms with Crippen LogP contribution < -0.4 is 10.9 Å². The Kier molecular flexibility index (Phi) is 6.73. The molecule has 0 bridgehead atoms. The summed E-state index contributed by atoms with van der Waals surface area (Å²) in [6.07, 6.45) is 3.61. The highest BCUT2D eigenvalue weighted by atomic mass is 16.1. The number of rotatable bonds is 8. The van der Waals surface area contributed by atoms with E-state index in [2.05, 4.69) is 28.5 Å². The predicted octanol–water partition coefficient (Wildman–Crippen LogP) is 4.25. The van der Waals surface area contributed by atoms with Crippen molar-refractivity contribution >= 4 is 16.9 Å². The molecule has 0 saturated carbocycles. The number of amides is 1. The van der Waals surface area contributed by atoms with Crippen LogP contribution in [0.1, 0.15) is 35.2 Å². The van der Waals surface area contributed by atoms with Crippen molar-refractivity contribution in [2.45, 2.75) is 46.6 Å². The number of carbonyl (C=O) groups excluding carboxylic acids is 1. The lowest BCUT2D eigenvalue weighted by atomic mass is 10.1. The second kappa shape index (κ2) is 9.86. The highest BCUT2D eigenvalue weighted by Crippen LogP contribution is 2.25. The Morgan fingerprint density at radius 3 is 2.58 bits per heavy atom. The van der Waals surface area contributed by atoms with Gasteiger partial charge in [-0.25, -0.2) is 4.98 Å². The summed E-state index contributed by atoms with van der Waals surface area (Å²) in [5.41, 5.74) is 5.87. The highest BCUT2D eigenvalue weighted by molar-refractivity contribution is 5.83. The van der Waals surface area contributed by atoms with Gasteiger partial charge in [0.25, 0.3) is 5.56 Å². The van der Waals surface area contributed by atoms with Crippen LogP contribution in [0.15, 0.2) is 65.7 Å². The van der Waals surface area contributed by atoms with Crippen molar-refractivity contribution in [1.29, 1.82) is 0 Å². The molecule has 6 nitrogen and oxygen atoms in total. The van der Waals surface area contributed by atoms with Crippen molar-refractivity contribution in [3.63, 3.8) is 0 Å². The minimum Gasteiger partial charge on any atom is -0.356 e. The lowest BCUT2D eigenvalue weighted by molar-refractivity contribution is -0.121. The monoisotopic (exact) mass is 442 g/mol. The fraction of sp³-hybridized carbons (Fsp3) is 0.296. The van der Waals surface area contributed by atoms with E-state index in [9.17, 15) is 9.59 Å². The van der Waals surface area contributed by atoms with Crippen LogP contribution in [0.3, 0.4) is 0 Å². The first-order valence-corrected chi connectivity index (χ1v) is 11.4. The number of nitrogens with one attached hydrogen (secondary N) is 1. The van der Waals surface area contributed by atoms with Gasteiger partial charge in [0.1, 0.15) is 0 Å². The van der Waals surface area contributed by atoms with Crippen LogP contribution in [-0.4, -0.2) is 26.6 Å². The van der Waals surface area contributed by atoms with Gasteiger partial charge in [-0.1, -0.05) is 42.5 Å². The van der Waals surface area contributed by atoms with Crippen molar-refractivity contribution in [3.8, 4) is 5.69 Å². The van der Waals surface area contributed by atoms with E-state index < -0.39 is 0 Å². The molecule has 6 heteroatoms. The van der Waals surface area contributed by atoms with Crippen molar-refractivity contribution in [2.75, 3.05) is 6.54 Å². The zero-order valence-corrected chi connectivity index (χ0v) is 19.5. The van der Waals surface area contributed by atoms with Gasteiger partial charge in [0.2, 0.25) is 5.91 Å². The van der Waals surface area contributed by atoms with Gasteiger partial charge in [-0.15, -0.1) is 0 Å². The summed E-state index contributed by atoms with van der Waals surface area (Å²) in [5.74, 6) is -0.0553. The molecule has 4 rings (SSSR count). The molecule has 1 N–H and O–H groups in total. The van der Waals surface area contributed by atoms with Gasteiger partial charge in [0.05, 0.1) is 11.7 Å². The number of nitrogens with zero attached hydrogens (tertiary/aromatic N) is 3. The second-order valence-corrected chi connectivity index (χ2v) is 8.52. The van der Waals surface area contributed by atoms with Gasteiger partial charge >= 0.3 is 0 Å². The molecule has 0 unspecified atom stereocenters. The zero-order chi connectivity index (χ0) is 23.4. The molecule has 1 amide bonds. The SMILES string of the molecule is Cc1cccc(-n2c(C)c(C)c3c(=O)n(CCC(=O)NCCCc4ccccc4)cnc32)c1. The van der Waals surface area contributed by atoms with E-state index in [4.69, 9.17) is 0 Å². The Hall–Kier alpha value is -3.67. The van der Waals surface area contributed by atoms with E-state index >= 15 is 0 Å². The normalized spacial score (nSPS) is 11.1. The van der Waals surface area contributed by atoms with Gasteiger partial charge in [0.15, 0.2) is 5.65 Å². The Morgan fingerprint density at radius 1 is 1.03 bits per heavy atom. The molecule has 2 aromatic carbocycles. The van der Waals surface area contributed by atoms with Crippen molar-refractivity contribution in [3.05, 3.63) is 93.7 Å². The van der Waals surface area contributed by atoms with Gasteiger partial charge in [-0.3, -0.25) is 18.7 Å². The summed E-state index contributed by atoms with van der Waals surface area (Å²) in [4.78, 5) is 30.1. The summed E-state index contributed by atoms with van der Waals surface area (Å²) >= 11 is 0. The van der Waals surface area contributed by atoms with Gasteiger partial charge < -0.3 is 5.32 Å². The first-order chi connectivity index (χ1) is 16.0. The van der Waals surface area contributed by atoms with E-state index in [0.29, 0.717) is 24.1 Å². The quantitative estimate of drug-likeness (QED) is 0.415. The summed E-state index contributed by atoms with van der Waals surface area (Å²) < 4.78 is 3.57. The second-order valence-electron chi connectivity index (χ2n) is 8.52. The predicted molar refractivity (Wildman–Crippen MR) is 132 cm³/mol. The molecule has 0 aliphatic carbocycles. The Balaban J connectivity index is 1.44. The first kappa shape index (κ1) is 22.5. The fourth-order valence-corrected chi connectivity index (χ4v) is 4.20. The maximum Gasteiger partial charge on any atom is 0.263 e. The van der Waals surface area contributed by atoms with E-state index in [1.54, 1.807) is 10.9 Å². The maximum atomic E-state index is 13.2. The van der Waals surface area contributed by atoms with E-state index in [-0.39, 0.29) is 17.9 Å². The number of fused-ring (bicyclic) bond motifs is 1. The summed E-state index contributed by atoms with van der Waals surface area (Å²) in [6.45, 7) is 6.94. The highest BCUT2D eigenvalue weighted by Gasteiger charge is 2.18. The molecule has 2 aromatic heterocycles. The van der Waals surface area contributed by atoms with Crippen molar-refractivity contribution in [1.82, 2.24) is 19.4 Å². The number of hydrogen-bond acceptors (Lipinski definition) is 3. The molecule has 4 aromatic rings. The van der Waals surface area contributed by atoms with E-state index in [1.807, 2.05) is 61.7 Å². The lowest BCUT2D eigenvalue weighted by Gasteiger charge is -2.10. The number of aryl methyl sites for hydroxylation is 4. The Bertz CT molecular complexity index is 1340. The smallest absolute Gasteiger partial charge is 0.263 e. The van der Waals surface area contributed by atoms with Crippen LogP contribution in [0.4, 0.5) is 0 Å². The standard InChI is InChI=1S/C27H30N4O2/c1-19-9-7-13-23(17-19)31-21(3)20(2)25-26(31)29-18-30(27(25)33)16-14-24(32)28-15-8-12-22-10-5-4-6-11-22/h4-7,9-11,13,17-18H,8,12,14-16H2,1-3H3,(H,28,32). The van der Waals surface area contributed by atoms with Crippen LogP contribution in [0.5, 0.6) is 0 Å². The first-order valence-electron chi connectivity index (χ1n) is 11.4. The molecule has 0 aliphatic heterocycles. The summed E-state index contributed by atoms with van der Waals surface area (Å²) in [7, 11) is 0. The molecular weight excluding hydrogens is 412 g/mol. The average molecular weight is 443 g/mol. The largest absolute Gasteiger partial charge is 0.356 e. The molecule has 0 spiro atoms.